The summed E-state index contributed by atoms with van der Waals surface area (Å²) in [6.45, 7) is 0. The summed E-state index contributed by atoms with van der Waals surface area (Å²) in [6.07, 6.45) is 3.34. The highest BCUT2D eigenvalue weighted by molar-refractivity contribution is 9.10. The van der Waals surface area contributed by atoms with Crippen LogP contribution in [0.2, 0.25) is 0 Å². The van der Waals surface area contributed by atoms with Crippen LogP contribution in [-0.4, -0.2) is 9.97 Å². The monoisotopic (exact) mass is 380 g/mol. The molecule has 21 heavy (non-hydrogen) atoms. The van der Waals surface area contributed by atoms with Gasteiger partial charge < -0.3 is 9.97 Å². The molecule has 0 saturated carbocycles. The average molecular weight is 381 g/mol. The number of H-pyrrole nitrogens is 2. The highest BCUT2D eigenvalue weighted by atomic mass is 79.9. The molecule has 0 radical (unpaired) electrons. The van der Waals surface area contributed by atoms with Crippen molar-refractivity contribution in [2.45, 2.75) is 0 Å². The number of aromatic amines is 2. The molecule has 0 atom stereocenters. The van der Waals surface area contributed by atoms with Gasteiger partial charge in [-0.2, -0.15) is 0 Å². The molecule has 4 aromatic heterocycles. The first-order valence-electron chi connectivity index (χ1n) is 5.96. The summed E-state index contributed by atoms with van der Waals surface area (Å²) < 4.78 is 3.00. The number of fused-ring (bicyclic) bond motifs is 2. The Morgan fingerprint density at radius 1 is 0.905 bits per heavy atom. The van der Waals surface area contributed by atoms with Crippen molar-refractivity contribution in [3.05, 3.63) is 66.5 Å². The molecule has 106 valence electrons. The van der Waals surface area contributed by atoms with Crippen LogP contribution >= 0.6 is 38.6 Å². The van der Waals surface area contributed by atoms with Gasteiger partial charge in [0, 0.05) is 17.1 Å². The van der Waals surface area contributed by atoms with E-state index in [1.165, 1.54) is 0 Å². The van der Waals surface area contributed by atoms with Crippen molar-refractivity contribution in [2.75, 3.05) is 0 Å². The lowest BCUT2D eigenvalue weighted by Crippen LogP contribution is -2.02. The third kappa shape index (κ3) is 2.85. The van der Waals surface area contributed by atoms with E-state index in [1.807, 2.05) is 29.0 Å². The van der Waals surface area contributed by atoms with Crippen LogP contribution in [0.3, 0.4) is 0 Å². The summed E-state index contributed by atoms with van der Waals surface area (Å²) >= 11 is 6.49. The van der Waals surface area contributed by atoms with Crippen LogP contribution < -0.4 is 11.1 Å². The molecule has 0 aliphatic heterocycles. The molecule has 0 saturated heterocycles. The Kier molecular flexibility index (Phi) is 4.05. The molecule has 2 N–H and O–H groups in total. The molecule has 0 unspecified atom stereocenters. The van der Waals surface area contributed by atoms with Crippen LogP contribution in [0, 0.1) is 0 Å². The summed E-state index contributed by atoms with van der Waals surface area (Å²) in [5.41, 5.74) is -0.0248. The standard InChI is InChI=1S/C7H4BrNOS.C7H5NOS/c8-5-3-9-7(10)4-1-2-11-6(4)5;9-7-5-2-4-10-6(5)1-3-8-7/h1-3H,(H,9,10);1-4H,(H,8,9). The van der Waals surface area contributed by atoms with Crippen molar-refractivity contribution in [1.29, 1.82) is 0 Å². The van der Waals surface area contributed by atoms with Gasteiger partial charge in [-0.05, 0) is 44.9 Å². The SMILES string of the molecule is O=c1[nH]cc(Br)c2sccc12.O=c1[nH]ccc2sccc12. The number of nitrogens with one attached hydrogen (secondary N) is 2. The van der Waals surface area contributed by atoms with Gasteiger partial charge in [-0.1, -0.05) is 0 Å². The third-order valence-corrected chi connectivity index (χ3v) is 5.56. The zero-order chi connectivity index (χ0) is 14.8. The second kappa shape index (κ2) is 5.97. The van der Waals surface area contributed by atoms with E-state index in [1.54, 1.807) is 35.1 Å². The number of hydrogen-bond acceptors (Lipinski definition) is 4. The van der Waals surface area contributed by atoms with E-state index in [9.17, 15) is 9.59 Å². The highest BCUT2D eigenvalue weighted by Crippen LogP contribution is 2.24. The van der Waals surface area contributed by atoms with Crippen LogP contribution in [-0.2, 0) is 0 Å². The summed E-state index contributed by atoms with van der Waals surface area (Å²) in [6, 6.07) is 5.56. The van der Waals surface area contributed by atoms with Gasteiger partial charge >= 0.3 is 0 Å². The fourth-order valence-electron chi connectivity index (χ4n) is 1.85. The van der Waals surface area contributed by atoms with Crippen LogP contribution in [0.25, 0.3) is 20.2 Å². The summed E-state index contributed by atoms with van der Waals surface area (Å²) in [5, 5.41) is 5.36. The van der Waals surface area contributed by atoms with E-state index in [2.05, 4.69) is 25.9 Å². The lowest BCUT2D eigenvalue weighted by molar-refractivity contribution is 1.27. The number of hydrogen-bond donors (Lipinski definition) is 2. The first kappa shape index (κ1) is 14.2. The second-order valence-electron chi connectivity index (χ2n) is 4.13. The first-order valence-corrected chi connectivity index (χ1v) is 8.51. The number of rotatable bonds is 0. The van der Waals surface area contributed by atoms with Gasteiger partial charge in [-0.25, -0.2) is 0 Å². The Morgan fingerprint density at radius 2 is 1.62 bits per heavy atom. The van der Waals surface area contributed by atoms with Crippen LogP contribution in [0.1, 0.15) is 0 Å². The minimum absolute atomic E-state index is 0.00116. The maximum absolute atomic E-state index is 11.1. The Balaban J connectivity index is 0.000000126. The largest absolute Gasteiger partial charge is 0.329 e. The topological polar surface area (TPSA) is 65.7 Å². The lowest BCUT2D eigenvalue weighted by Gasteiger charge is -1.90. The maximum Gasteiger partial charge on any atom is 0.256 e. The smallest absolute Gasteiger partial charge is 0.256 e. The summed E-state index contributed by atoms with van der Waals surface area (Å²) in [7, 11) is 0. The fraction of sp³-hybridized carbons (Fsp3) is 0. The molecule has 0 aliphatic carbocycles. The zero-order valence-corrected chi connectivity index (χ0v) is 13.8. The molecule has 0 amide bonds. The Bertz CT molecular complexity index is 1010. The van der Waals surface area contributed by atoms with Gasteiger partial charge in [-0.3, -0.25) is 9.59 Å². The van der Waals surface area contributed by atoms with Crippen molar-refractivity contribution in [1.82, 2.24) is 9.97 Å². The van der Waals surface area contributed by atoms with Gasteiger partial charge in [0.2, 0.25) is 0 Å². The molecule has 0 bridgehead atoms. The maximum atomic E-state index is 11.1. The van der Waals surface area contributed by atoms with E-state index < -0.39 is 0 Å². The molecular weight excluding hydrogens is 372 g/mol. The molecule has 7 heteroatoms. The van der Waals surface area contributed by atoms with Gasteiger partial charge in [0.05, 0.1) is 19.9 Å². The Hall–Kier alpha value is -1.70. The molecule has 0 aliphatic rings. The fourth-order valence-corrected chi connectivity index (χ4v) is 4.05. The molecule has 0 aromatic carbocycles. The van der Waals surface area contributed by atoms with E-state index in [0.717, 1.165) is 24.6 Å². The van der Waals surface area contributed by atoms with Crippen molar-refractivity contribution in [2.24, 2.45) is 0 Å². The Labute approximate surface area is 135 Å². The normalized spacial score (nSPS) is 10.5. The quantitative estimate of drug-likeness (QED) is 0.485. The molecular formula is C14H9BrN2O2S2. The van der Waals surface area contributed by atoms with Crippen molar-refractivity contribution >= 4 is 58.8 Å². The predicted octanol–water partition coefficient (Wildman–Crippen LogP) is 3.94. The minimum atomic E-state index is -0.0237. The van der Waals surface area contributed by atoms with Crippen molar-refractivity contribution < 1.29 is 0 Å². The van der Waals surface area contributed by atoms with E-state index in [0.29, 0.717) is 0 Å². The van der Waals surface area contributed by atoms with Gasteiger partial charge in [0.15, 0.2) is 0 Å². The second-order valence-corrected chi connectivity index (χ2v) is 6.85. The molecule has 4 aromatic rings. The van der Waals surface area contributed by atoms with Crippen molar-refractivity contribution in [3.8, 4) is 0 Å². The first-order chi connectivity index (χ1) is 10.2. The van der Waals surface area contributed by atoms with Gasteiger partial charge in [-0.15, -0.1) is 22.7 Å². The Morgan fingerprint density at radius 3 is 2.38 bits per heavy atom. The van der Waals surface area contributed by atoms with Crippen molar-refractivity contribution in [3.63, 3.8) is 0 Å². The number of thiophene rings is 2. The summed E-state index contributed by atoms with van der Waals surface area (Å²) in [4.78, 5) is 27.4. The summed E-state index contributed by atoms with van der Waals surface area (Å²) in [5.74, 6) is 0. The molecule has 4 rings (SSSR count). The number of pyridine rings is 2. The minimum Gasteiger partial charge on any atom is -0.329 e. The van der Waals surface area contributed by atoms with Gasteiger partial charge in [0.1, 0.15) is 0 Å². The van der Waals surface area contributed by atoms with E-state index >= 15 is 0 Å². The van der Waals surface area contributed by atoms with E-state index in [4.69, 9.17) is 0 Å². The van der Waals surface area contributed by atoms with Crippen LogP contribution in [0.5, 0.6) is 0 Å². The number of halogens is 1. The third-order valence-electron chi connectivity index (χ3n) is 2.85. The molecule has 4 heterocycles. The van der Waals surface area contributed by atoms with Crippen LogP contribution in [0.4, 0.5) is 0 Å². The van der Waals surface area contributed by atoms with E-state index in [-0.39, 0.29) is 11.1 Å². The molecule has 0 fully saturated rings. The zero-order valence-electron chi connectivity index (χ0n) is 10.6. The lowest BCUT2D eigenvalue weighted by atomic mass is 10.3. The molecule has 0 spiro atoms. The predicted molar refractivity (Wildman–Crippen MR) is 92.6 cm³/mol. The molecule has 4 nitrogen and oxygen atoms in total. The number of aromatic nitrogens is 2. The highest BCUT2D eigenvalue weighted by Gasteiger charge is 2.01. The van der Waals surface area contributed by atoms with Crippen LogP contribution in [0.15, 0.2) is 55.4 Å². The van der Waals surface area contributed by atoms with Gasteiger partial charge in [0.25, 0.3) is 11.1 Å². The average Bonchev–Trinajstić information content (AvgIpc) is 3.13.